The predicted molar refractivity (Wildman–Crippen MR) is 118 cm³/mol. The number of ether oxygens (including phenoxy) is 2. The molecule has 26 heavy (non-hydrogen) atoms. The van der Waals surface area contributed by atoms with Crippen LogP contribution in [0.15, 0.2) is 47.5 Å². The molecule has 0 unspecified atom stereocenters. The number of rotatable bonds is 8. The lowest BCUT2D eigenvalue weighted by Crippen LogP contribution is -2.33. The molecule has 2 aromatic carbocycles. The highest BCUT2D eigenvalue weighted by atomic mass is 127. The van der Waals surface area contributed by atoms with E-state index in [1.54, 1.807) is 14.2 Å². The summed E-state index contributed by atoms with van der Waals surface area (Å²) in [6, 6.07) is 13.6. The third-order valence-corrected chi connectivity index (χ3v) is 4.16. The lowest BCUT2D eigenvalue weighted by atomic mass is 10.1. The molecule has 0 spiro atoms. The van der Waals surface area contributed by atoms with Gasteiger partial charge in [-0.2, -0.15) is 0 Å². The van der Waals surface area contributed by atoms with Crippen LogP contribution in [-0.4, -0.2) is 33.3 Å². The first-order chi connectivity index (χ1) is 12.1. The maximum absolute atomic E-state index is 6.12. The molecule has 2 rings (SSSR count). The highest BCUT2D eigenvalue weighted by Gasteiger charge is 2.04. The lowest BCUT2D eigenvalue weighted by Gasteiger charge is -2.10. The molecule has 3 N–H and O–H groups in total. The van der Waals surface area contributed by atoms with Crippen LogP contribution in [0, 0.1) is 0 Å². The van der Waals surface area contributed by atoms with E-state index in [1.165, 1.54) is 0 Å². The second-order valence-corrected chi connectivity index (χ2v) is 5.88. The van der Waals surface area contributed by atoms with Gasteiger partial charge in [-0.1, -0.05) is 35.9 Å². The van der Waals surface area contributed by atoms with Crippen LogP contribution in [0.5, 0.6) is 11.5 Å². The van der Waals surface area contributed by atoms with Crippen molar-refractivity contribution < 1.29 is 9.47 Å². The number of benzene rings is 2. The molecule has 0 fully saturated rings. The fourth-order valence-corrected chi connectivity index (χ4v) is 2.66. The van der Waals surface area contributed by atoms with Crippen LogP contribution in [0.3, 0.4) is 0 Å². The number of guanidine groups is 1. The Morgan fingerprint density at radius 3 is 2.50 bits per heavy atom. The fourth-order valence-electron chi connectivity index (χ4n) is 2.42. The quantitative estimate of drug-likeness (QED) is 0.337. The molecule has 0 heterocycles. The number of aliphatic imine (C=N–C) groups is 1. The number of hydrogen-bond acceptors (Lipinski definition) is 3. The largest absolute Gasteiger partial charge is 0.493 e. The lowest BCUT2D eigenvalue weighted by molar-refractivity contribution is 0.354. The van der Waals surface area contributed by atoms with Crippen molar-refractivity contribution in [2.75, 3.05) is 27.3 Å². The maximum atomic E-state index is 6.12. The van der Waals surface area contributed by atoms with Crippen molar-refractivity contribution in [2.24, 2.45) is 10.7 Å². The van der Waals surface area contributed by atoms with E-state index in [9.17, 15) is 0 Å². The molecule has 0 saturated heterocycles. The van der Waals surface area contributed by atoms with Gasteiger partial charge in [-0.25, -0.2) is 0 Å². The summed E-state index contributed by atoms with van der Waals surface area (Å²) in [5.74, 6) is 1.88. The van der Waals surface area contributed by atoms with Crippen molar-refractivity contribution >= 4 is 41.5 Å². The monoisotopic (exact) mass is 489 g/mol. The molecule has 7 heteroatoms. The minimum atomic E-state index is 0. The zero-order chi connectivity index (χ0) is 18.1. The summed E-state index contributed by atoms with van der Waals surface area (Å²) in [5.41, 5.74) is 8.11. The Morgan fingerprint density at radius 1 is 1.08 bits per heavy atom. The summed E-state index contributed by atoms with van der Waals surface area (Å²) < 4.78 is 10.5. The molecule has 0 aromatic heterocycles. The Morgan fingerprint density at radius 2 is 1.81 bits per heavy atom. The van der Waals surface area contributed by atoms with Crippen molar-refractivity contribution in [1.82, 2.24) is 5.32 Å². The van der Waals surface area contributed by atoms with Gasteiger partial charge in [0.25, 0.3) is 0 Å². The van der Waals surface area contributed by atoms with Gasteiger partial charge in [0, 0.05) is 18.1 Å². The number of hydrogen-bond donors (Lipinski definition) is 2. The second kappa shape index (κ2) is 11.9. The van der Waals surface area contributed by atoms with Gasteiger partial charge in [-0.05, 0) is 42.2 Å². The van der Waals surface area contributed by atoms with Crippen LogP contribution in [0.1, 0.15) is 11.1 Å². The van der Waals surface area contributed by atoms with Crippen LogP contribution in [0.4, 0.5) is 0 Å². The van der Waals surface area contributed by atoms with E-state index >= 15 is 0 Å². The first-order valence-corrected chi connectivity index (χ1v) is 8.50. The SMILES string of the molecule is COc1ccc(CCNC(N)=NCCc2ccccc2Cl)cc1OC.I. The van der Waals surface area contributed by atoms with Crippen molar-refractivity contribution in [3.63, 3.8) is 0 Å². The molecule has 2 aromatic rings. The second-order valence-electron chi connectivity index (χ2n) is 5.47. The van der Waals surface area contributed by atoms with Crippen molar-refractivity contribution in [3.8, 4) is 11.5 Å². The van der Waals surface area contributed by atoms with E-state index in [-0.39, 0.29) is 24.0 Å². The van der Waals surface area contributed by atoms with Gasteiger partial charge in [0.2, 0.25) is 0 Å². The van der Waals surface area contributed by atoms with E-state index in [4.69, 9.17) is 26.8 Å². The van der Waals surface area contributed by atoms with Gasteiger partial charge in [0.1, 0.15) is 0 Å². The highest BCUT2D eigenvalue weighted by Crippen LogP contribution is 2.27. The van der Waals surface area contributed by atoms with E-state index < -0.39 is 0 Å². The Bertz CT molecular complexity index is 726. The van der Waals surface area contributed by atoms with Crippen molar-refractivity contribution in [1.29, 1.82) is 0 Å². The number of nitrogens with one attached hydrogen (secondary N) is 1. The fraction of sp³-hybridized carbons (Fsp3) is 0.316. The van der Waals surface area contributed by atoms with Crippen LogP contribution in [0.25, 0.3) is 0 Å². The third-order valence-electron chi connectivity index (χ3n) is 3.79. The minimum Gasteiger partial charge on any atom is -0.493 e. The summed E-state index contributed by atoms with van der Waals surface area (Å²) in [7, 11) is 3.25. The third kappa shape index (κ3) is 6.92. The molecular formula is C19H25ClIN3O2. The Labute approximate surface area is 177 Å². The van der Waals surface area contributed by atoms with Gasteiger partial charge >= 0.3 is 0 Å². The Kier molecular flexibility index (Phi) is 10.2. The van der Waals surface area contributed by atoms with Gasteiger partial charge in [-0.15, -0.1) is 24.0 Å². The van der Waals surface area contributed by atoms with Crippen LogP contribution in [0.2, 0.25) is 5.02 Å². The van der Waals surface area contributed by atoms with Crippen LogP contribution < -0.4 is 20.5 Å². The van der Waals surface area contributed by atoms with E-state index in [2.05, 4.69) is 10.3 Å². The average molecular weight is 490 g/mol. The van der Waals surface area contributed by atoms with Crippen molar-refractivity contribution in [2.45, 2.75) is 12.8 Å². The predicted octanol–water partition coefficient (Wildman–Crippen LogP) is 3.66. The van der Waals surface area contributed by atoms with E-state index in [0.29, 0.717) is 19.0 Å². The zero-order valence-electron chi connectivity index (χ0n) is 15.0. The summed E-state index contributed by atoms with van der Waals surface area (Å²) in [5, 5.41) is 3.88. The first-order valence-electron chi connectivity index (χ1n) is 8.12. The topological polar surface area (TPSA) is 68.9 Å². The molecular weight excluding hydrogens is 465 g/mol. The number of nitrogens with zero attached hydrogens (tertiary/aromatic N) is 1. The highest BCUT2D eigenvalue weighted by molar-refractivity contribution is 14.0. The van der Waals surface area contributed by atoms with Crippen LogP contribution in [-0.2, 0) is 12.8 Å². The normalized spacial score (nSPS) is 10.8. The summed E-state index contributed by atoms with van der Waals surface area (Å²) in [6.45, 7) is 1.29. The smallest absolute Gasteiger partial charge is 0.188 e. The van der Waals surface area contributed by atoms with Crippen molar-refractivity contribution in [3.05, 3.63) is 58.6 Å². The van der Waals surface area contributed by atoms with Gasteiger partial charge in [-0.3, -0.25) is 4.99 Å². The van der Waals surface area contributed by atoms with E-state index in [0.717, 1.165) is 40.5 Å². The summed E-state index contributed by atoms with van der Waals surface area (Å²) in [6.07, 6.45) is 1.57. The number of nitrogens with two attached hydrogens (primary N) is 1. The van der Waals surface area contributed by atoms with E-state index in [1.807, 2.05) is 42.5 Å². The Hall–Kier alpha value is -1.67. The number of methoxy groups -OCH3 is 2. The zero-order valence-corrected chi connectivity index (χ0v) is 18.1. The molecule has 0 aliphatic heterocycles. The van der Waals surface area contributed by atoms with Gasteiger partial charge in [0.05, 0.1) is 14.2 Å². The average Bonchev–Trinajstić information content (AvgIpc) is 2.63. The van der Waals surface area contributed by atoms with Gasteiger partial charge in [0.15, 0.2) is 17.5 Å². The maximum Gasteiger partial charge on any atom is 0.188 e. The molecule has 142 valence electrons. The van der Waals surface area contributed by atoms with Crippen LogP contribution >= 0.6 is 35.6 Å². The minimum absolute atomic E-state index is 0. The molecule has 0 aliphatic carbocycles. The summed E-state index contributed by atoms with van der Waals surface area (Å²) >= 11 is 6.12. The Balaban J connectivity index is 0.00000338. The first kappa shape index (κ1) is 22.4. The molecule has 0 amide bonds. The molecule has 0 bridgehead atoms. The molecule has 0 saturated carbocycles. The molecule has 0 radical (unpaired) electrons. The van der Waals surface area contributed by atoms with Gasteiger partial charge < -0.3 is 20.5 Å². The standard InChI is InChI=1S/C19H24ClN3O2.HI/c1-24-17-8-7-14(13-18(17)25-2)9-11-22-19(21)23-12-10-15-5-3-4-6-16(15)20;/h3-8,13H,9-12H2,1-2H3,(H3,21,22,23);1H. The molecule has 0 atom stereocenters. The summed E-state index contributed by atoms with van der Waals surface area (Å²) in [4.78, 5) is 4.33. The number of halogens is 2. The molecule has 5 nitrogen and oxygen atoms in total. The molecule has 0 aliphatic rings.